The van der Waals surface area contributed by atoms with Gasteiger partial charge < -0.3 is 10.5 Å². The number of benzene rings is 1. The second-order valence-electron chi connectivity index (χ2n) is 3.99. The van der Waals surface area contributed by atoms with Crippen LogP contribution in [0.4, 0.5) is 0 Å². The summed E-state index contributed by atoms with van der Waals surface area (Å²) >= 11 is 0. The second kappa shape index (κ2) is 4.01. The zero-order valence-corrected chi connectivity index (χ0v) is 8.62. The fourth-order valence-electron chi connectivity index (χ4n) is 2.10. The largest absolute Gasteiger partial charge is 0.497 e. The van der Waals surface area contributed by atoms with Gasteiger partial charge in [-0.15, -0.1) is 0 Å². The Labute approximate surface area is 85.1 Å². The molecule has 1 aromatic carbocycles. The molecule has 1 aliphatic carbocycles. The molecule has 1 atom stereocenters. The third-order valence-electron chi connectivity index (χ3n) is 2.92. The van der Waals surface area contributed by atoms with Crippen molar-refractivity contribution in [2.75, 3.05) is 7.11 Å². The van der Waals surface area contributed by atoms with Crippen molar-refractivity contribution < 1.29 is 4.74 Å². The summed E-state index contributed by atoms with van der Waals surface area (Å²) in [4.78, 5) is 0. The minimum atomic E-state index is 0.323. The van der Waals surface area contributed by atoms with Gasteiger partial charge in [-0.25, -0.2) is 0 Å². The number of hydrogen-bond donors (Lipinski definition) is 1. The van der Waals surface area contributed by atoms with Crippen LogP contribution in [0.25, 0.3) is 0 Å². The summed E-state index contributed by atoms with van der Waals surface area (Å²) in [5, 5.41) is 0. The third-order valence-corrected chi connectivity index (χ3v) is 2.92. The Balaban J connectivity index is 2.32. The van der Waals surface area contributed by atoms with Gasteiger partial charge in [0.15, 0.2) is 0 Å². The first-order chi connectivity index (χ1) is 6.79. The molecular formula is C12H17NO. The highest BCUT2D eigenvalue weighted by molar-refractivity contribution is 5.37. The Morgan fingerprint density at radius 2 is 2.21 bits per heavy atom. The topological polar surface area (TPSA) is 35.2 Å². The summed E-state index contributed by atoms with van der Waals surface area (Å²) in [5.74, 6) is 0.942. The Morgan fingerprint density at radius 1 is 1.36 bits per heavy atom. The molecule has 76 valence electrons. The second-order valence-corrected chi connectivity index (χ2v) is 3.99. The number of aryl methyl sites for hydroxylation is 1. The van der Waals surface area contributed by atoms with E-state index in [0.717, 1.165) is 25.0 Å². The third kappa shape index (κ3) is 1.90. The van der Waals surface area contributed by atoms with Gasteiger partial charge in [0.2, 0.25) is 0 Å². The Kier molecular flexibility index (Phi) is 2.73. The van der Waals surface area contributed by atoms with Crippen LogP contribution in [0.2, 0.25) is 0 Å². The molecule has 0 fully saturated rings. The maximum absolute atomic E-state index is 6.00. The van der Waals surface area contributed by atoms with Crippen molar-refractivity contribution in [1.82, 2.24) is 0 Å². The highest BCUT2D eigenvalue weighted by Gasteiger charge is 2.13. The van der Waals surface area contributed by atoms with Crippen LogP contribution in [0.3, 0.4) is 0 Å². The Morgan fingerprint density at radius 3 is 3.00 bits per heavy atom. The van der Waals surface area contributed by atoms with Crippen LogP contribution in [0.15, 0.2) is 18.2 Å². The summed E-state index contributed by atoms with van der Waals surface area (Å²) in [6.45, 7) is 0. The van der Waals surface area contributed by atoms with Crippen LogP contribution in [-0.2, 0) is 12.8 Å². The lowest BCUT2D eigenvalue weighted by Gasteiger charge is -2.10. The van der Waals surface area contributed by atoms with Gasteiger partial charge in [-0.3, -0.25) is 0 Å². The molecule has 0 unspecified atom stereocenters. The van der Waals surface area contributed by atoms with Gasteiger partial charge in [-0.2, -0.15) is 0 Å². The first-order valence-electron chi connectivity index (χ1n) is 5.21. The number of rotatable bonds is 1. The maximum atomic E-state index is 6.00. The van der Waals surface area contributed by atoms with Crippen LogP contribution in [0, 0.1) is 0 Å². The van der Waals surface area contributed by atoms with Gasteiger partial charge in [0, 0.05) is 6.04 Å². The molecule has 2 heteroatoms. The lowest BCUT2D eigenvalue weighted by Crippen LogP contribution is -2.21. The van der Waals surface area contributed by atoms with Crippen LogP contribution in [0.1, 0.15) is 24.0 Å². The smallest absolute Gasteiger partial charge is 0.119 e. The van der Waals surface area contributed by atoms with Gasteiger partial charge in [0.1, 0.15) is 5.75 Å². The fraction of sp³-hybridized carbons (Fsp3) is 0.500. The van der Waals surface area contributed by atoms with Gasteiger partial charge >= 0.3 is 0 Å². The van der Waals surface area contributed by atoms with E-state index in [-0.39, 0.29) is 0 Å². The highest BCUT2D eigenvalue weighted by atomic mass is 16.5. The highest BCUT2D eigenvalue weighted by Crippen LogP contribution is 2.24. The molecule has 0 radical (unpaired) electrons. The van der Waals surface area contributed by atoms with E-state index in [9.17, 15) is 0 Å². The zero-order valence-electron chi connectivity index (χ0n) is 8.62. The summed E-state index contributed by atoms with van der Waals surface area (Å²) in [5.41, 5.74) is 8.81. The summed E-state index contributed by atoms with van der Waals surface area (Å²) in [6, 6.07) is 6.66. The van der Waals surface area contributed by atoms with Crippen molar-refractivity contribution in [1.29, 1.82) is 0 Å². The first-order valence-corrected chi connectivity index (χ1v) is 5.21. The molecule has 2 N–H and O–H groups in total. The van der Waals surface area contributed by atoms with Gasteiger partial charge in [-0.05, 0) is 48.9 Å². The van der Waals surface area contributed by atoms with Crippen LogP contribution in [-0.4, -0.2) is 13.2 Å². The van der Waals surface area contributed by atoms with E-state index in [2.05, 4.69) is 12.1 Å². The van der Waals surface area contributed by atoms with Gasteiger partial charge in [0.05, 0.1) is 7.11 Å². The summed E-state index contributed by atoms with van der Waals surface area (Å²) < 4.78 is 5.22. The maximum Gasteiger partial charge on any atom is 0.119 e. The minimum Gasteiger partial charge on any atom is -0.497 e. The summed E-state index contributed by atoms with van der Waals surface area (Å²) in [6.07, 6.45) is 4.50. The van der Waals surface area contributed by atoms with E-state index < -0.39 is 0 Å². The molecule has 14 heavy (non-hydrogen) atoms. The predicted molar refractivity (Wildman–Crippen MR) is 57.6 cm³/mol. The van der Waals surface area contributed by atoms with Crippen molar-refractivity contribution in [3.8, 4) is 5.75 Å². The molecule has 0 amide bonds. The number of fused-ring (bicyclic) bond motifs is 1. The van der Waals surface area contributed by atoms with Crippen LogP contribution >= 0.6 is 0 Å². The minimum absolute atomic E-state index is 0.323. The van der Waals surface area contributed by atoms with E-state index in [0.29, 0.717) is 6.04 Å². The SMILES string of the molecule is COc1ccc2c(c1)C[C@H](N)CCC2. The average Bonchev–Trinajstić information content (AvgIpc) is 2.37. The monoisotopic (exact) mass is 191 g/mol. The normalized spacial score (nSPS) is 21.1. The molecular weight excluding hydrogens is 174 g/mol. The molecule has 0 aromatic heterocycles. The number of nitrogens with two attached hydrogens (primary N) is 1. The van der Waals surface area contributed by atoms with E-state index in [1.165, 1.54) is 17.5 Å². The Bertz CT molecular complexity index is 322. The quantitative estimate of drug-likeness (QED) is 0.688. The molecule has 0 saturated carbocycles. The van der Waals surface area contributed by atoms with E-state index >= 15 is 0 Å². The van der Waals surface area contributed by atoms with E-state index in [1.54, 1.807) is 7.11 Å². The van der Waals surface area contributed by atoms with Crippen LogP contribution in [0.5, 0.6) is 5.75 Å². The Hall–Kier alpha value is -1.02. The molecule has 2 rings (SSSR count). The lowest BCUT2D eigenvalue weighted by molar-refractivity contribution is 0.414. The fourth-order valence-corrected chi connectivity index (χ4v) is 2.10. The van der Waals surface area contributed by atoms with E-state index in [4.69, 9.17) is 10.5 Å². The number of methoxy groups -OCH3 is 1. The molecule has 1 aromatic rings. The van der Waals surface area contributed by atoms with Crippen molar-refractivity contribution in [2.45, 2.75) is 31.7 Å². The molecule has 0 aliphatic heterocycles. The predicted octanol–water partition coefficient (Wildman–Crippen LogP) is 1.90. The standard InChI is InChI=1S/C12H17NO/c1-14-12-6-5-9-3-2-4-11(13)7-10(9)8-12/h5-6,8,11H,2-4,7,13H2,1H3/t11-/m1/s1. The van der Waals surface area contributed by atoms with Crippen molar-refractivity contribution in [3.63, 3.8) is 0 Å². The van der Waals surface area contributed by atoms with E-state index in [1.807, 2.05) is 6.07 Å². The molecule has 1 aliphatic rings. The molecule has 2 nitrogen and oxygen atoms in total. The van der Waals surface area contributed by atoms with Crippen molar-refractivity contribution in [3.05, 3.63) is 29.3 Å². The molecule has 0 heterocycles. The van der Waals surface area contributed by atoms with Crippen molar-refractivity contribution in [2.24, 2.45) is 5.73 Å². The molecule has 0 spiro atoms. The van der Waals surface area contributed by atoms with Crippen molar-refractivity contribution >= 4 is 0 Å². The zero-order chi connectivity index (χ0) is 9.97. The summed E-state index contributed by atoms with van der Waals surface area (Å²) in [7, 11) is 1.71. The van der Waals surface area contributed by atoms with Gasteiger partial charge in [0.25, 0.3) is 0 Å². The molecule has 0 saturated heterocycles. The van der Waals surface area contributed by atoms with Gasteiger partial charge in [-0.1, -0.05) is 6.07 Å². The number of ether oxygens (including phenoxy) is 1. The van der Waals surface area contributed by atoms with Crippen LogP contribution < -0.4 is 10.5 Å². The molecule has 0 bridgehead atoms. The number of hydrogen-bond acceptors (Lipinski definition) is 2. The first kappa shape index (κ1) is 9.53. The lowest BCUT2D eigenvalue weighted by atomic mass is 10.0. The average molecular weight is 191 g/mol.